The molecule has 1 aliphatic rings. The Kier molecular flexibility index (Phi) is 10.7. The molecule has 3 N–H and O–H groups in total. The third-order valence-electron chi connectivity index (χ3n) is 5.27. The molecule has 1 aliphatic carbocycles. The Morgan fingerprint density at radius 1 is 1.19 bits per heavy atom. The summed E-state index contributed by atoms with van der Waals surface area (Å²) in [4.78, 5) is 10.6. The quantitative estimate of drug-likeness (QED) is 0.354. The van der Waals surface area contributed by atoms with Crippen molar-refractivity contribution in [2.75, 3.05) is 0 Å². The summed E-state index contributed by atoms with van der Waals surface area (Å²) in [7, 11) is 0. The first-order valence-corrected chi connectivity index (χ1v) is 9.93. The largest absolute Gasteiger partial charge is 0.479 e. The van der Waals surface area contributed by atoms with Crippen molar-refractivity contribution in [2.24, 2.45) is 17.8 Å². The first-order valence-electron chi connectivity index (χ1n) is 9.93. The predicted octanol–water partition coefficient (Wildman–Crippen LogP) is 4.27. The van der Waals surface area contributed by atoms with E-state index in [0.717, 1.165) is 19.3 Å². The molecule has 0 bridgehead atoms. The zero-order chi connectivity index (χ0) is 19.5. The molecule has 0 saturated heterocycles. The lowest BCUT2D eigenvalue weighted by Crippen LogP contribution is -2.18. The number of hydrogen-bond acceptors (Lipinski definition) is 3. The molecule has 0 aromatic carbocycles. The number of carbonyl (C=O) groups is 1. The van der Waals surface area contributed by atoms with E-state index in [0.29, 0.717) is 31.6 Å². The van der Waals surface area contributed by atoms with Gasteiger partial charge >= 0.3 is 5.97 Å². The molecule has 4 nitrogen and oxygen atoms in total. The highest BCUT2D eigenvalue weighted by atomic mass is 19.1. The van der Waals surface area contributed by atoms with E-state index in [9.17, 15) is 19.4 Å². The second kappa shape index (κ2) is 12.2. The SMILES string of the molecule is CCCC[C@@H](F)CC=C[C@@H]1[C@@H](C=CCCCC(O)C(=O)O)[C@@H](O)C[C@H]1C. The Hall–Kier alpha value is -1.20. The Labute approximate surface area is 156 Å². The molecule has 1 fully saturated rings. The smallest absolute Gasteiger partial charge is 0.332 e. The van der Waals surface area contributed by atoms with Gasteiger partial charge in [-0.2, -0.15) is 0 Å². The molecule has 0 amide bonds. The molecule has 0 radical (unpaired) electrons. The maximum Gasteiger partial charge on any atom is 0.332 e. The number of aliphatic carboxylic acids is 1. The number of aliphatic hydroxyl groups excluding tert-OH is 2. The highest BCUT2D eigenvalue weighted by molar-refractivity contribution is 5.71. The van der Waals surface area contributed by atoms with Crippen LogP contribution < -0.4 is 0 Å². The summed E-state index contributed by atoms with van der Waals surface area (Å²) in [6.45, 7) is 4.17. The lowest BCUT2D eigenvalue weighted by molar-refractivity contribution is -0.146. The van der Waals surface area contributed by atoms with E-state index in [1.807, 2.05) is 18.2 Å². The van der Waals surface area contributed by atoms with Crippen molar-refractivity contribution in [1.29, 1.82) is 0 Å². The summed E-state index contributed by atoms with van der Waals surface area (Å²) >= 11 is 0. The highest BCUT2D eigenvalue weighted by Crippen LogP contribution is 2.39. The van der Waals surface area contributed by atoms with Crippen LogP contribution in [0.1, 0.15) is 65.2 Å². The number of carboxylic acid groups (broad SMARTS) is 1. The maximum atomic E-state index is 13.8. The molecule has 0 aromatic rings. The van der Waals surface area contributed by atoms with Crippen LogP contribution in [0.5, 0.6) is 0 Å². The van der Waals surface area contributed by atoms with Gasteiger partial charge in [0, 0.05) is 5.92 Å². The van der Waals surface area contributed by atoms with E-state index in [2.05, 4.69) is 19.9 Å². The topological polar surface area (TPSA) is 77.8 Å². The molecule has 0 aliphatic heterocycles. The van der Waals surface area contributed by atoms with Crippen LogP contribution in [-0.4, -0.2) is 39.7 Å². The summed E-state index contributed by atoms with van der Waals surface area (Å²) in [5.74, 6) is -0.633. The van der Waals surface area contributed by atoms with Gasteiger partial charge in [-0.25, -0.2) is 9.18 Å². The van der Waals surface area contributed by atoms with E-state index in [4.69, 9.17) is 5.11 Å². The lowest BCUT2D eigenvalue weighted by atomic mass is 9.88. The fraction of sp³-hybridized carbons (Fsp3) is 0.762. The van der Waals surface area contributed by atoms with Crippen LogP contribution in [0.4, 0.5) is 4.39 Å². The van der Waals surface area contributed by atoms with Crippen molar-refractivity contribution in [2.45, 2.75) is 83.6 Å². The van der Waals surface area contributed by atoms with Gasteiger partial charge in [0.2, 0.25) is 0 Å². The standard InChI is InChI=1S/C21H35FO4/c1-3-4-9-16(22)10-8-12-17-15(2)14-20(24)18(17)11-6-5-7-13-19(23)21(25)26/h6,8,11-12,15-20,23-24H,3-5,7,9-10,13-14H2,1-2H3,(H,25,26)/t15-,16-,17+,18-,19?,20+/m1/s1. The molecule has 0 spiro atoms. The molecule has 1 saturated carbocycles. The van der Waals surface area contributed by atoms with Gasteiger partial charge in [0.25, 0.3) is 0 Å². The number of alkyl halides is 1. The first-order chi connectivity index (χ1) is 12.4. The minimum Gasteiger partial charge on any atom is -0.479 e. The Morgan fingerprint density at radius 3 is 2.54 bits per heavy atom. The second-order valence-corrected chi connectivity index (χ2v) is 7.55. The molecule has 150 valence electrons. The van der Waals surface area contributed by atoms with E-state index in [-0.39, 0.29) is 18.3 Å². The van der Waals surface area contributed by atoms with Crippen molar-refractivity contribution < 1.29 is 24.5 Å². The molecular formula is C21H35FO4. The van der Waals surface area contributed by atoms with E-state index >= 15 is 0 Å². The molecule has 1 unspecified atom stereocenters. The minimum atomic E-state index is -1.31. The van der Waals surface area contributed by atoms with Gasteiger partial charge in [0.1, 0.15) is 6.17 Å². The van der Waals surface area contributed by atoms with Crippen LogP contribution in [-0.2, 0) is 4.79 Å². The molecule has 26 heavy (non-hydrogen) atoms. The number of unbranched alkanes of at least 4 members (excludes halogenated alkanes) is 2. The summed E-state index contributed by atoms with van der Waals surface area (Å²) in [5, 5.41) is 28.2. The molecular weight excluding hydrogens is 335 g/mol. The molecule has 1 rings (SSSR count). The van der Waals surface area contributed by atoms with Crippen LogP contribution in [0.3, 0.4) is 0 Å². The second-order valence-electron chi connectivity index (χ2n) is 7.55. The number of aliphatic hydroxyl groups is 2. The maximum absolute atomic E-state index is 13.8. The third kappa shape index (κ3) is 8.00. The highest BCUT2D eigenvalue weighted by Gasteiger charge is 2.36. The predicted molar refractivity (Wildman–Crippen MR) is 102 cm³/mol. The summed E-state index contributed by atoms with van der Waals surface area (Å²) in [6, 6.07) is 0. The van der Waals surface area contributed by atoms with Crippen LogP contribution in [0, 0.1) is 17.8 Å². The molecule has 6 atom stereocenters. The normalized spacial score (nSPS) is 28.8. The van der Waals surface area contributed by atoms with Gasteiger partial charge in [-0.15, -0.1) is 0 Å². The summed E-state index contributed by atoms with van der Waals surface area (Å²) in [6.07, 6.45) is 10.6. The fourth-order valence-electron chi connectivity index (χ4n) is 3.64. The van der Waals surface area contributed by atoms with E-state index < -0.39 is 24.3 Å². The zero-order valence-corrected chi connectivity index (χ0v) is 16.1. The summed E-state index contributed by atoms with van der Waals surface area (Å²) in [5.41, 5.74) is 0. The number of allylic oxidation sites excluding steroid dienone is 3. The van der Waals surface area contributed by atoms with E-state index in [1.165, 1.54) is 0 Å². The monoisotopic (exact) mass is 370 g/mol. The Balaban J connectivity index is 2.48. The van der Waals surface area contributed by atoms with Crippen molar-refractivity contribution in [3.05, 3.63) is 24.3 Å². The molecule has 0 heterocycles. The number of carboxylic acids is 1. The van der Waals surface area contributed by atoms with Crippen LogP contribution in [0.25, 0.3) is 0 Å². The first kappa shape index (κ1) is 22.8. The van der Waals surface area contributed by atoms with Crippen molar-refractivity contribution in [1.82, 2.24) is 0 Å². The van der Waals surface area contributed by atoms with Gasteiger partial charge in [0.05, 0.1) is 6.10 Å². The van der Waals surface area contributed by atoms with Gasteiger partial charge in [-0.3, -0.25) is 0 Å². The van der Waals surface area contributed by atoms with Gasteiger partial charge in [-0.1, -0.05) is 51.0 Å². The average Bonchev–Trinajstić information content (AvgIpc) is 2.86. The summed E-state index contributed by atoms with van der Waals surface area (Å²) < 4.78 is 13.8. The number of halogens is 1. The molecule has 0 aromatic heterocycles. The van der Waals surface area contributed by atoms with Gasteiger partial charge < -0.3 is 15.3 Å². The lowest BCUT2D eigenvalue weighted by Gasteiger charge is -2.18. The van der Waals surface area contributed by atoms with Crippen LogP contribution >= 0.6 is 0 Å². The molecule has 5 heteroatoms. The van der Waals surface area contributed by atoms with E-state index in [1.54, 1.807) is 0 Å². The fourth-order valence-corrected chi connectivity index (χ4v) is 3.64. The van der Waals surface area contributed by atoms with Gasteiger partial charge in [-0.05, 0) is 50.4 Å². The minimum absolute atomic E-state index is 0.0133. The Morgan fingerprint density at radius 2 is 1.88 bits per heavy atom. The Bertz CT molecular complexity index is 463. The average molecular weight is 371 g/mol. The van der Waals surface area contributed by atoms with Gasteiger partial charge in [0.15, 0.2) is 6.10 Å². The zero-order valence-electron chi connectivity index (χ0n) is 16.1. The number of rotatable bonds is 12. The number of hydrogen-bond donors (Lipinski definition) is 3. The van der Waals surface area contributed by atoms with Crippen molar-refractivity contribution in [3.63, 3.8) is 0 Å². The van der Waals surface area contributed by atoms with Crippen LogP contribution in [0.2, 0.25) is 0 Å². The van der Waals surface area contributed by atoms with Crippen molar-refractivity contribution >= 4 is 5.97 Å². The van der Waals surface area contributed by atoms with Crippen molar-refractivity contribution in [3.8, 4) is 0 Å². The third-order valence-corrected chi connectivity index (χ3v) is 5.27. The van der Waals surface area contributed by atoms with Crippen LogP contribution in [0.15, 0.2) is 24.3 Å².